The lowest BCUT2D eigenvalue weighted by molar-refractivity contribution is 0.0954. The van der Waals surface area contributed by atoms with Crippen molar-refractivity contribution in [1.29, 1.82) is 0 Å². The highest BCUT2D eigenvalue weighted by molar-refractivity contribution is 7.09. The molecule has 3 aromatic heterocycles. The summed E-state index contributed by atoms with van der Waals surface area (Å²) in [6, 6.07) is 16.6. The summed E-state index contributed by atoms with van der Waals surface area (Å²) in [6.45, 7) is 8.66. The van der Waals surface area contributed by atoms with E-state index in [0.717, 1.165) is 62.3 Å². The number of nitrogens with zero attached hydrogens (tertiary/aromatic N) is 5. The highest BCUT2D eigenvalue weighted by Gasteiger charge is 2.18. The summed E-state index contributed by atoms with van der Waals surface area (Å²) in [6.07, 6.45) is 3.81. The van der Waals surface area contributed by atoms with Crippen LogP contribution in [0.5, 0.6) is 0 Å². The van der Waals surface area contributed by atoms with E-state index in [-0.39, 0.29) is 5.91 Å². The number of aromatic nitrogens is 3. The fourth-order valence-electron chi connectivity index (χ4n) is 4.65. The third-order valence-electron chi connectivity index (χ3n) is 6.55. The summed E-state index contributed by atoms with van der Waals surface area (Å²) in [5.41, 5.74) is 3.55. The van der Waals surface area contributed by atoms with Gasteiger partial charge in [-0.2, -0.15) is 5.10 Å². The first-order valence-corrected chi connectivity index (χ1v) is 13.2. The number of anilines is 1. The molecule has 1 saturated heterocycles. The summed E-state index contributed by atoms with van der Waals surface area (Å²) >= 11 is 1.70. The second kappa shape index (κ2) is 11.0. The molecule has 0 unspecified atom stereocenters. The highest BCUT2D eigenvalue weighted by Crippen LogP contribution is 2.21. The van der Waals surface area contributed by atoms with Crippen molar-refractivity contribution in [1.82, 2.24) is 25.0 Å². The maximum atomic E-state index is 13.0. The van der Waals surface area contributed by atoms with E-state index in [1.807, 2.05) is 23.7 Å². The molecule has 1 amide bonds. The fraction of sp³-hybridized carbons (Fsp3) is 0.370. The van der Waals surface area contributed by atoms with Gasteiger partial charge >= 0.3 is 0 Å². The number of nitrogens with one attached hydrogen (secondary N) is 1. The quantitative estimate of drug-likeness (QED) is 0.358. The Morgan fingerprint density at radius 2 is 1.89 bits per heavy atom. The number of piperazine rings is 1. The molecular formula is C27H32N6OS. The molecule has 7 nitrogen and oxygen atoms in total. The lowest BCUT2D eigenvalue weighted by atomic mass is 10.1. The Labute approximate surface area is 210 Å². The Kier molecular flexibility index (Phi) is 7.39. The number of pyridine rings is 1. The zero-order chi connectivity index (χ0) is 24.0. The number of rotatable bonds is 9. The van der Waals surface area contributed by atoms with Crippen LogP contribution < -0.4 is 10.2 Å². The van der Waals surface area contributed by atoms with Gasteiger partial charge in [0.1, 0.15) is 0 Å². The van der Waals surface area contributed by atoms with Crippen LogP contribution in [-0.2, 0) is 6.54 Å². The normalized spacial score (nSPS) is 14.5. The van der Waals surface area contributed by atoms with Gasteiger partial charge in [-0.1, -0.05) is 24.3 Å². The molecule has 4 heterocycles. The topological polar surface area (TPSA) is 66.3 Å². The van der Waals surface area contributed by atoms with Crippen LogP contribution in [0.4, 0.5) is 5.69 Å². The first-order chi connectivity index (χ1) is 17.2. The van der Waals surface area contributed by atoms with E-state index >= 15 is 0 Å². The monoisotopic (exact) mass is 488 g/mol. The zero-order valence-electron chi connectivity index (χ0n) is 20.2. The maximum Gasteiger partial charge on any atom is 0.252 e. The zero-order valence-corrected chi connectivity index (χ0v) is 21.0. The average molecular weight is 489 g/mol. The van der Waals surface area contributed by atoms with Crippen molar-refractivity contribution in [2.24, 2.45) is 0 Å². The minimum atomic E-state index is -0.0485. The number of thiophene rings is 1. The van der Waals surface area contributed by atoms with E-state index in [1.165, 1.54) is 10.6 Å². The summed E-state index contributed by atoms with van der Waals surface area (Å²) in [5.74, 6) is -0.0485. The molecule has 0 aliphatic carbocycles. The minimum Gasteiger partial charge on any atom is -0.369 e. The van der Waals surface area contributed by atoms with Gasteiger partial charge in [0.25, 0.3) is 5.91 Å². The maximum absolute atomic E-state index is 13.0. The van der Waals surface area contributed by atoms with Gasteiger partial charge in [-0.05, 0) is 56.0 Å². The second-order valence-corrected chi connectivity index (χ2v) is 10.1. The average Bonchev–Trinajstić information content (AvgIpc) is 3.55. The number of fused-ring (bicyclic) bond motifs is 1. The van der Waals surface area contributed by atoms with Crippen molar-refractivity contribution in [3.05, 3.63) is 76.2 Å². The Bertz CT molecular complexity index is 1250. The first kappa shape index (κ1) is 23.5. The van der Waals surface area contributed by atoms with E-state index < -0.39 is 0 Å². The summed E-state index contributed by atoms with van der Waals surface area (Å²) < 4.78 is 1.88. The Morgan fingerprint density at radius 1 is 1.06 bits per heavy atom. The number of carbonyl (C=O) groups is 1. The molecule has 1 aromatic carbocycles. The number of benzene rings is 1. The number of carbonyl (C=O) groups excluding carboxylic acids is 1. The van der Waals surface area contributed by atoms with Gasteiger partial charge in [-0.3, -0.25) is 9.69 Å². The molecule has 4 aromatic rings. The van der Waals surface area contributed by atoms with Crippen molar-refractivity contribution in [3.8, 4) is 0 Å². The van der Waals surface area contributed by atoms with E-state index in [0.29, 0.717) is 18.7 Å². The van der Waals surface area contributed by atoms with Gasteiger partial charge in [0, 0.05) is 49.0 Å². The van der Waals surface area contributed by atoms with Crippen LogP contribution >= 0.6 is 11.3 Å². The predicted molar refractivity (Wildman–Crippen MR) is 142 cm³/mol. The van der Waals surface area contributed by atoms with E-state index in [1.54, 1.807) is 17.5 Å². The number of amides is 1. The van der Waals surface area contributed by atoms with Crippen LogP contribution in [0.1, 0.15) is 33.8 Å². The number of aryl methyl sites for hydroxylation is 1. The molecule has 0 spiro atoms. The third-order valence-corrected chi connectivity index (χ3v) is 7.41. The first-order valence-electron chi connectivity index (χ1n) is 12.3. The van der Waals surface area contributed by atoms with Crippen LogP contribution in [0.2, 0.25) is 0 Å². The minimum absolute atomic E-state index is 0.0485. The lowest BCUT2D eigenvalue weighted by Crippen LogP contribution is -2.46. The van der Waals surface area contributed by atoms with Gasteiger partial charge in [0.05, 0.1) is 23.7 Å². The summed E-state index contributed by atoms with van der Waals surface area (Å²) in [7, 11) is 0. The highest BCUT2D eigenvalue weighted by atomic mass is 32.1. The summed E-state index contributed by atoms with van der Waals surface area (Å²) in [4.78, 5) is 23.8. The van der Waals surface area contributed by atoms with Gasteiger partial charge in [-0.25, -0.2) is 9.67 Å². The molecule has 1 N–H and O–H groups in total. The van der Waals surface area contributed by atoms with Crippen molar-refractivity contribution < 1.29 is 4.79 Å². The third kappa shape index (κ3) is 5.71. The molecule has 0 bridgehead atoms. The van der Waals surface area contributed by atoms with Gasteiger partial charge in [0.2, 0.25) is 0 Å². The molecule has 182 valence electrons. The molecule has 5 rings (SSSR count). The van der Waals surface area contributed by atoms with Crippen LogP contribution in [0, 0.1) is 6.92 Å². The predicted octanol–water partition coefficient (Wildman–Crippen LogP) is 4.18. The molecule has 0 saturated carbocycles. The standard InChI is InChI=1S/C27H32N6OS/c1-21-18-24(25-19-29-33(26(25)30-21)20-23-10-7-17-35-23)27(34)28-11-5-6-12-31-13-15-32(16-14-31)22-8-3-2-4-9-22/h2-4,7-10,17-19H,5-6,11-16,20H2,1H3,(H,28,34). The fourth-order valence-corrected chi connectivity index (χ4v) is 5.34. The SMILES string of the molecule is Cc1cc(C(=O)NCCCCN2CCN(c3ccccc3)CC2)c2cnn(Cc3cccs3)c2n1. The largest absolute Gasteiger partial charge is 0.369 e. The van der Waals surface area contributed by atoms with Crippen molar-refractivity contribution in [3.63, 3.8) is 0 Å². The van der Waals surface area contributed by atoms with Crippen LogP contribution in [-0.4, -0.2) is 64.8 Å². The number of hydrogen-bond donors (Lipinski definition) is 1. The van der Waals surface area contributed by atoms with E-state index in [4.69, 9.17) is 0 Å². The van der Waals surface area contributed by atoms with Crippen molar-refractivity contribution in [2.75, 3.05) is 44.2 Å². The van der Waals surface area contributed by atoms with Gasteiger partial charge in [-0.15, -0.1) is 11.3 Å². The number of unbranched alkanes of at least 4 members (excludes halogenated alkanes) is 1. The van der Waals surface area contributed by atoms with Crippen LogP contribution in [0.25, 0.3) is 11.0 Å². The van der Waals surface area contributed by atoms with Crippen molar-refractivity contribution in [2.45, 2.75) is 26.3 Å². The molecule has 1 fully saturated rings. The van der Waals surface area contributed by atoms with Crippen molar-refractivity contribution >= 4 is 34.0 Å². The molecule has 0 atom stereocenters. The molecule has 35 heavy (non-hydrogen) atoms. The van der Waals surface area contributed by atoms with E-state index in [9.17, 15) is 4.79 Å². The molecule has 1 aliphatic rings. The van der Waals surface area contributed by atoms with E-state index in [2.05, 4.69) is 67.0 Å². The van der Waals surface area contributed by atoms with Gasteiger partial charge < -0.3 is 10.2 Å². The number of hydrogen-bond acceptors (Lipinski definition) is 6. The molecule has 1 aliphatic heterocycles. The molecule has 0 radical (unpaired) electrons. The summed E-state index contributed by atoms with van der Waals surface area (Å²) in [5, 5.41) is 10.5. The number of para-hydroxylation sites is 1. The van der Waals surface area contributed by atoms with Crippen LogP contribution in [0.15, 0.2) is 60.1 Å². The Morgan fingerprint density at radius 3 is 2.66 bits per heavy atom. The Balaban J connectivity index is 1.09. The molecule has 8 heteroatoms. The smallest absolute Gasteiger partial charge is 0.252 e. The second-order valence-electron chi connectivity index (χ2n) is 9.06. The van der Waals surface area contributed by atoms with Crippen LogP contribution in [0.3, 0.4) is 0 Å². The Hall–Kier alpha value is -3.23. The molecular weight excluding hydrogens is 456 g/mol. The van der Waals surface area contributed by atoms with Gasteiger partial charge in [0.15, 0.2) is 5.65 Å². The lowest BCUT2D eigenvalue weighted by Gasteiger charge is -2.36.